The van der Waals surface area contributed by atoms with Crippen molar-refractivity contribution in [3.63, 3.8) is 0 Å². The SMILES string of the molecule is C[N]1CC[CH2][Cr][Cr]1. The Morgan fingerprint density at radius 2 is 2.43 bits per heavy atom. The van der Waals surface area contributed by atoms with Crippen molar-refractivity contribution in [3.8, 4) is 0 Å². The average Bonchev–Trinajstić information content (AvgIpc) is 1.69. The first-order valence-corrected chi connectivity index (χ1v) is 6.54. The van der Waals surface area contributed by atoms with Gasteiger partial charge in [-0.15, -0.1) is 0 Å². The van der Waals surface area contributed by atoms with Gasteiger partial charge in [0, 0.05) is 0 Å². The Labute approximate surface area is 56.2 Å². The van der Waals surface area contributed by atoms with Crippen LogP contribution in [0.25, 0.3) is 0 Å². The fourth-order valence-electron chi connectivity index (χ4n) is 0.511. The van der Waals surface area contributed by atoms with Crippen LogP contribution in [0.5, 0.6) is 0 Å². The fourth-order valence-corrected chi connectivity index (χ4v) is 4.49. The minimum absolute atomic E-state index is 0.908. The summed E-state index contributed by atoms with van der Waals surface area (Å²) in [5, 5.41) is 1.54. The average molecular weight is 175 g/mol. The summed E-state index contributed by atoms with van der Waals surface area (Å²) >= 11 is 1.92. The van der Waals surface area contributed by atoms with Crippen LogP contribution >= 0.6 is 0 Å². The molecular weight excluding hydrogens is 166 g/mol. The molecule has 0 saturated carbocycles. The molecule has 42 valence electrons. The molecule has 1 aliphatic heterocycles. The summed E-state index contributed by atoms with van der Waals surface area (Å²) in [5.74, 6) is 0. The van der Waals surface area contributed by atoms with Gasteiger partial charge in [0.25, 0.3) is 0 Å². The van der Waals surface area contributed by atoms with E-state index in [0.29, 0.717) is 0 Å². The molecule has 1 saturated heterocycles. The summed E-state index contributed by atoms with van der Waals surface area (Å²) < 4.78 is 2.48. The Balaban J connectivity index is 2.12. The van der Waals surface area contributed by atoms with Crippen LogP contribution < -0.4 is 0 Å². The molecule has 0 amide bonds. The number of nitrogens with zero attached hydrogens (tertiary/aromatic N) is 1. The Hall–Kier alpha value is 1.02. The Morgan fingerprint density at radius 3 is 2.71 bits per heavy atom. The predicted octanol–water partition coefficient (Wildman–Crippen LogP) is 0.735. The maximum absolute atomic E-state index is 2.48. The van der Waals surface area contributed by atoms with Gasteiger partial charge in [0.1, 0.15) is 0 Å². The Bertz CT molecular complexity index is 51.7. The van der Waals surface area contributed by atoms with Crippen molar-refractivity contribution in [3.05, 3.63) is 0 Å². The molecule has 1 heterocycles. The maximum atomic E-state index is 2.48. The second kappa shape index (κ2) is 3.13. The van der Waals surface area contributed by atoms with Gasteiger partial charge in [-0.1, -0.05) is 0 Å². The van der Waals surface area contributed by atoms with Crippen molar-refractivity contribution in [2.45, 2.75) is 11.7 Å². The van der Waals surface area contributed by atoms with Gasteiger partial charge in [-0.3, -0.25) is 0 Å². The molecule has 0 atom stereocenters. The van der Waals surface area contributed by atoms with E-state index < -0.39 is 0 Å². The fraction of sp³-hybridized carbons (Fsp3) is 1.00. The van der Waals surface area contributed by atoms with Crippen molar-refractivity contribution in [1.29, 1.82) is 0 Å². The summed E-state index contributed by atoms with van der Waals surface area (Å²) in [4.78, 5) is 0. The van der Waals surface area contributed by atoms with Crippen molar-refractivity contribution in [2.75, 3.05) is 13.6 Å². The quantitative estimate of drug-likeness (QED) is 0.524. The van der Waals surface area contributed by atoms with Crippen LogP contribution in [0.15, 0.2) is 0 Å². The van der Waals surface area contributed by atoms with Gasteiger partial charge in [-0.2, -0.15) is 0 Å². The normalized spacial score (nSPS) is 25.3. The molecule has 3 heteroatoms. The van der Waals surface area contributed by atoms with E-state index in [9.17, 15) is 0 Å². The predicted molar refractivity (Wildman–Crippen MR) is 22.1 cm³/mol. The monoisotopic (exact) mass is 175 g/mol. The van der Waals surface area contributed by atoms with E-state index in [1.807, 2.05) is 0 Å². The zero-order valence-corrected chi connectivity index (χ0v) is 6.94. The second-order valence-electron chi connectivity index (χ2n) is 1.60. The molecule has 0 radical (unpaired) electrons. The number of rotatable bonds is 0. The second-order valence-corrected chi connectivity index (χ2v) is 6.29. The van der Waals surface area contributed by atoms with E-state index in [4.69, 9.17) is 0 Å². The number of hydrogen-bond acceptors (Lipinski definition) is 1. The third-order valence-corrected chi connectivity index (χ3v) is 5.83. The molecule has 1 fully saturated rings. The summed E-state index contributed by atoms with van der Waals surface area (Å²) in [5.41, 5.74) is 0. The first-order valence-electron chi connectivity index (χ1n) is 2.40. The summed E-state index contributed by atoms with van der Waals surface area (Å²) in [6.45, 7) is 1.36. The van der Waals surface area contributed by atoms with Gasteiger partial charge in [-0.05, 0) is 0 Å². The number of hydrogen-bond donors (Lipinski definition) is 0. The van der Waals surface area contributed by atoms with Gasteiger partial charge in [0.05, 0.1) is 0 Å². The third-order valence-electron chi connectivity index (χ3n) is 0.881. The van der Waals surface area contributed by atoms with Gasteiger partial charge < -0.3 is 0 Å². The molecular formula is C4H9Cr2N. The van der Waals surface area contributed by atoms with E-state index >= 15 is 0 Å². The van der Waals surface area contributed by atoms with Gasteiger partial charge in [-0.25, -0.2) is 0 Å². The first-order chi connectivity index (χ1) is 3.39. The van der Waals surface area contributed by atoms with E-state index in [0.717, 1.165) is 26.9 Å². The molecule has 0 aromatic rings. The standard InChI is InChI=1S/C4H9N.2Cr/c1-3-4-5-2;;/h1,3-4H2,2H3;;/q-1;;+1. The zero-order chi connectivity index (χ0) is 5.11. The van der Waals surface area contributed by atoms with Crippen LogP contribution in [0.4, 0.5) is 0 Å². The summed E-state index contributed by atoms with van der Waals surface area (Å²) in [7, 11) is 2.24. The van der Waals surface area contributed by atoms with Crippen LogP contribution in [0.1, 0.15) is 6.42 Å². The van der Waals surface area contributed by atoms with Crippen LogP contribution in [0, 0.1) is 0 Å². The molecule has 0 N–H and O–H groups in total. The van der Waals surface area contributed by atoms with Crippen molar-refractivity contribution < 1.29 is 26.9 Å². The Morgan fingerprint density at radius 1 is 1.57 bits per heavy atom. The molecule has 0 unspecified atom stereocenters. The molecule has 1 aliphatic rings. The molecule has 1 rings (SSSR count). The van der Waals surface area contributed by atoms with E-state index in [1.165, 1.54) is 18.2 Å². The summed E-state index contributed by atoms with van der Waals surface area (Å²) in [6.07, 6.45) is 1.46. The van der Waals surface area contributed by atoms with Crippen molar-refractivity contribution >= 4 is 0 Å². The van der Waals surface area contributed by atoms with Crippen molar-refractivity contribution in [1.82, 2.24) is 3.88 Å². The minimum atomic E-state index is 0.908. The zero-order valence-electron chi connectivity index (χ0n) is 4.39. The summed E-state index contributed by atoms with van der Waals surface area (Å²) in [6, 6.07) is 0. The molecule has 7 heavy (non-hydrogen) atoms. The first kappa shape index (κ1) is 6.15. The van der Waals surface area contributed by atoms with Gasteiger partial charge >= 0.3 is 56.0 Å². The Kier molecular flexibility index (Phi) is 2.75. The van der Waals surface area contributed by atoms with Crippen LogP contribution in [-0.4, -0.2) is 17.5 Å². The molecule has 1 nitrogen and oxygen atoms in total. The molecule has 0 aliphatic carbocycles. The van der Waals surface area contributed by atoms with Gasteiger partial charge in [0.15, 0.2) is 0 Å². The van der Waals surface area contributed by atoms with Crippen LogP contribution in [0.2, 0.25) is 5.28 Å². The van der Waals surface area contributed by atoms with Crippen LogP contribution in [-0.2, 0) is 26.9 Å². The third kappa shape index (κ3) is 2.18. The topological polar surface area (TPSA) is 3.24 Å². The van der Waals surface area contributed by atoms with Crippen LogP contribution in [0.3, 0.4) is 0 Å². The van der Waals surface area contributed by atoms with Gasteiger partial charge in [0.2, 0.25) is 0 Å². The van der Waals surface area contributed by atoms with Crippen molar-refractivity contribution in [2.24, 2.45) is 0 Å². The van der Waals surface area contributed by atoms with E-state index in [2.05, 4.69) is 10.9 Å². The molecule has 0 aromatic heterocycles. The molecule has 0 spiro atoms. The van der Waals surface area contributed by atoms with E-state index in [1.54, 1.807) is 0 Å². The molecule has 0 bridgehead atoms. The van der Waals surface area contributed by atoms with E-state index in [-0.39, 0.29) is 0 Å². The molecule has 0 aromatic carbocycles.